The number of nitrogens with one attached hydrogen (secondary N) is 1. The van der Waals surface area contributed by atoms with Crippen molar-refractivity contribution < 1.29 is 15.0 Å². The van der Waals surface area contributed by atoms with Crippen LogP contribution >= 0.6 is 0 Å². The Hall–Kier alpha value is -1.39. The van der Waals surface area contributed by atoms with Gasteiger partial charge in [0.2, 0.25) is 0 Å². The van der Waals surface area contributed by atoms with E-state index in [1.54, 1.807) is 19.2 Å². The van der Waals surface area contributed by atoms with Crippen LogP contribution in [-0.4, -0.2) is 30.1 Å². The van der Waals surface area contributed by atoms with E-state index < -0.39 is 6.10 Å². The Morgan fingerprint density at radius 2 is 2.29 bits per heavy atom. The average molecular weight is 195 g/mol. The number of hydrogen-bond acceptors (Lipinski definition) is 4. The molecule has 0 aromatic heterocycles. The Labute approximate surface area is 82.2 Å². The highest BCUT2D eigenvalue weighted by Crippen LogP contribution is 2.26. The summed E-state index contributed by atoms with van der Waals surface area (Å²) in [7, 11) is 1.68. The van der Waals surface area contributed by atoms with Crippen LogP contribution in [0.25, 0.3) is 0 Å². The normalized spacial score (nSPS) is 12.4. The van der Waals surface area contributed by atoms with Crippen LogP contribution in [0, 0.1) is 0 Å². The summed E-state index contributed by atoms with van der Waals surface area (Å²) in [5, 5.41) is 21.9. The van der Waals surface area contributed by atoms with Crippen molar-refractivity contribution in [2.24, 2.45) is 0 Å². The van der Waals surface area contributed by atoms with Crippen LogP contribution in [0.5, 0.6) is 5.75 Å². The summed E-state index contributed by atoms with van der Waals surface area (Å²) in [6.07, 6.45) is -0.255. The fourth-order valence-corrected chi connectivity index (χ4v) is 1.33. The van der Waals surface area contributed by atoms with Gasteiger partial charge in [0.1, 0.15) is 5.75 Å². The molecular formula is C10H13NO3. The molecule has 0 saturated carbocycles. The van der Waals surface area contributed by atoms with E-state index in [-0.39, 0.29) is 11.3 Å². The molecule has 0 bridgehead atoms. The van der Waals surface area contributed by atoms with E-state index in [0.29, 0.717) is 18.4 Å². The van der Waals surface area contributed by atoms with Gasteiger partial charge in [-0.3, -0.25) is 4.79 Å². The van der Waals surface area contributed by atoms with Gasteiger partial charge in [-0.15, -0.1) is 0 Å². The Morgan fingerprint density at radius 1 is 1.57 bits per heavy atom. The van der Waals surface area contributed by atoms with E-state index in [0.717, 1.165) is 0 Å². The average Bonchev–Trinajstić information content (AvgIpc) is 2.17. The summed E-state index contributed by atoms with van der Waals surface area (Å²) in [6, 6.07) is 4.57. The number of likely N-dealkylation sites (N-methyl/N-ethyl adjacent to an activating group) is 1. The van der Waals surface area contributed by atoms with E-state index >= 15 is 0 Å². The van der Waals surface area contributed by atoms with Crippen LogP contribution in [0.1, 0.15) is 22.0 Å². The number of rotatable bonds is 4. The molecule has 0 saturated heterocycles. The minimum atomic E-state index is -0.874. The lowest BCUT2D eigenvalue weighted by Gasteiger charge is -2.13. The van der Waals surface area contributed by atoms with Crippen LogP contribution < -0.4 is 5.32 Å². The van der Waals surface area contributed by atoms with Crippen molar-refractivity contribution in [3.8, 4) is 5.75 Å². The summed E-state index contributed by atoms with van der Waals surface area (Å²) in [6.45, 7) is 0.290. The standard InChI is InChI=1S/C10H13NO3/c1-11-5-9(14)10-7(6-12)3-2-4-8(10)13/h2-4,6,9,11,13-14H,5H2,1H3. The minimum absolute atomic E-state index is 0.0580. The maximum absolute atomic E-state index is 10.6. The zero-order chi connectivity index (χ0) is 10.6. The maximum atomic E-state index is 10.6. The molecule has 0 radical (unpaired) electrons. The highest BCUT2D eigenvalue weighted by atomic mass is 16.3. The molecule has 1 unspecified atom stereocenters. The molecular weight excluding hydrogens is 182 g/mol. The van der Waals surface area contributed by atoms with Crippen molar-refractivity contribution in [3.63, 3.8) is 0 Å². The van der Waals surface area contributed by atoms with Crippen molar-refractivity contribution in [1.29, 1.82) is 0 Å². The second kappa shape index (κ2) is 4.74. The van der Waals surface area contributed by atoms with E-state index in [9.17, 15) is 15.0 Å². The first-order valence-corrected chi connectivity index (χ1v) is 4.30. The predicted octanol–water partition coefficient (Wildman–Crippen LogP) is 0.458. The molecule has 3 N–H and O–H groups in total. The Balaban J connectivity index is 3.09. The zero-order valence-electron chi connectivity index (χ0n) is 7.90. The number of aromatic hydroxyl groups is 1. The van der Waals surface area contributed by atoms with Gasteiger partial charge in [0.05, 0.1) is 6.10 Å². The van der Waals surface area contributed by atoms with Crippen molar-refractivity contribution >= 4 is 6.29 Å². The van der Waals surface area contributed by atoms with Crippen LogP contribution in [0.3, 0.4) is 0 Å². The van der Waals surface area contributed by atoms with Gasteiger partial charge in [-0.25, -0.2) is 0 Å². The number of aliphatic hydroxyl groups excluding tert-OH is 1. The third kappa shape index (κ3) is 2.10. The molecule has 1 aromatic carbocycles. The number of aldehydes is 1. The summed E-state index contributed by atoms with van der Waals surface area (Å²) in [4.78, 5) is 10.6. The summed E-state index contributed by atoms with van der Waals surface area (Å²) >= 11 is 0. The fourth-order valence-electron chi connectivity index (χ4n) is 1.33. The van der Waals surface area contributed by atoms with Gasteiger partial charge in [0, 0.05) is 17.7 Å². The molecule has 0 heterocycles. The first-order valence-electron chi connectivity index (χ1n) is 4.30. The van der Waals surface area contributed by atoms with Gasteiger partial charge in [0.25, 0.3) is 0 Å². The van der Waals surface area contributed by atoms with Gasteiger partial charge < -0.3 is 15.5 Å². The summed E-state index contributed by atoms with van der Waals surface area (Å²) < 4.78 is 0. The molecule has 1 atom stereocenters. The largest absolute Gasteiger partial charge is 0.508 e. The third-order valence-corrected chi connectivity index (χ3v) is 1.97. The Morgan fingerprint density at radius 3 is 2.86 bits per heavy atom. The molecule has 0 fully saturated rings. The summed E-state index contributed by atoms with van der Waals surface area (Å²) in [5.41, 5.74) is 0.588. The molecule has 1 aromatic rings. The molecule has 0 aliphatic heterocycles. The van der Waals surface area contributed by atoms with Crippen LogP contribution in [0.15, 0.2) is 18.2 Å². The number of benzene rings is 1. The van der Waals surface area contributed by atoms with Crippen molar-refractivity contribution in [2.45, 2.75) is 6.10 Å². The maximum Gasteiger partial charge on any atom is 0.150 e. The topological polar surface area (TPSA) is 69.6 Å². The lowest BCUT2D eigenvalue weighted by molar-refractivity contribution is 0.111. The predicted molar refractivity (Wildman–Crippen MR) is 52.4 cm³/mol. The second-order valence-electron chi connectivity index (χ2n) is 2.97. The molecule has 4 heteroatoms. The fraction of sp³-hybridized carbons (Fsp3) is 0.300. The van der Waals surface area contributed by atoms with Gasteiger partial charge in [-0.2, -0.15) is 0 Å². The number of aliphatic hydroxyl groups is 1. The van der Waals surface area contributed by atoms with Crippen molar-refractivity contribution in [3.05, 3.63) is 29.3 Å². The second-order valence-corrected chi connectivity index (χ2v) is 2.97. The number of carbonyl (C=O) groups is 1. The summed E-state index contributed by atoms with van der Waals surface area (Å²) in [5.74, 6) is -0.0580. The van der Waals surface area contributed by atoms with Gasteiger partial charge in [-0.05, 0) is 13.1 Å². The minimum Gasteiger partial charge on any atom is -0.508 e. The molecule has 0 aliphatic rings. The molecule has 14 heavy (non-hydrogen) atoms. The van der Waals surface area contributed by atoms with E-state index in [1.807, 2.05) is 0 Å². The van der Waals surface area contributed by atoms with Gasteiger partial charge in [-0.1, -0.05) is 12.1 Å². The Bertz CT molecular complexity index is 325. The third-order valence-electron chi connectivity index (χ3n) is 1.97. The van der Waals surface area contributed by atoms with E-state index in [4.69, 9.17) is 0 Å². The number of carbonyl (C=O) groups excluding carboxylic acids is 1. The first-order chi connectivity index (χ1) is 6.70. The molecule has 1 rings (SSSR count). The zero-order valence-corrected chi connectivity index (χ0v) is 7.90. The van der Waals surface area contributed by atoms with Crippen molar-refractivity contribution in [1.82, 2.24) is 5.32 Å². The molecule has 4 nitrogen and oxygen atoms in total. The lowest BCUT2D eigenvalue weighted by atomic mass is 10.0. The van der Waals surface area contributed by atoms with Crippen LogP contribution in [-0.2, 0) is 0 Å². The SMILES string of the molecule is CNCC(O)c1c(O)cccc1C=O. The number of phenolic OH excluding ortho intramolecular Hbond substituents is 1. The lowest BCUT2D eigenvalue weighted by Crippen LogP contribution is -2.18. The van der Waals surface area contributed by atoms with Gasteiger partial charge in [0.15, 0.2) is 6.29 Å². The smallest absolute Gasteiger partial charge is 0.150 e. The highest BCUT2D eigenvalue weighted by Gasteiger charge is 2.15. The molecule has 0 aliphatic carbocycles. The number of hydrogen-bond donors (Lipinski definition) is 3. The molecule has 0 amide bonds. The number of phenols is 1. The van der Waals surface area contributed by atoms with Gasteiger partial charge >= 0.3 is 0 Å². The van der Waals surface area contributed by atoms with E-state index in [2.05, 4.69) is 5.32 Å². The van der Waals surface area contributed by atoms with Crippen molar-refractivity contribution in [2.75, 3.05) is 13.6 Å². The van der Waals surface area contributed by atoms with E-state index in [1.165, 1.54) is 6.07 Å². The quantitative estimate of drug-likeness (QED) is 0.610. The highest BCUT2D eigenvalue weighted by molar-refractivity contribution is 5.78. The molecule has 76 valence electrons. The van der Waals surface area contributed by atoms with Crippen LogP contribution in [0.4, 0.5) is 0 Å². The first kappa shape index (κ1) is 10.7. The van der Waals surface area contributed by atoms with Crippen LogP contribution in [0.2, 0.25) is 0 Å². The monoisotopic (exact) mass is 195 g/mol. The molecule has 0 spiro atoms. The Kier molecular flexibility index (Phi) is 3.62.